The fraction of sp³-hybridized carbons (Fsp3) is 0.231. The van der Waals surface area contributed by atoms with Gasteiger partial charge in [0.2, 0.25) is 15.9 Å². The van der Waals surface area contributed by atoms with Gasteiger partial charge >= 0.3 is 0 Å². The number of halogens is 1. The average Bonchev–Trinajstić information content (AvgIpc) is 2.87. The van der Waals surface area contributed by atoms with Crippen molar-refractivity contribution in [3.63, 3.8) is 0 Å². The lowest BCUT2D eigenvalue weighted by atomic mass is 10.3. The summed E-state index contributed by atoms with van der Waals surface area (Å²) in [5.74, 6) is -0.235. The molecule has 0 fully saturated rings. The molecule has 0 aliphatic heterocycles. The Morgan fingerprint density at radius 1 is 1.36 bits per heavy atom. The minimum absolute atomic E-state index is 0.0662. The van der Waals surface area contributed by atoms with Gasteiger partial charge < -0.3 is 5.32 Å². The molecule has 1 aromatic carbocycles. The SMILES string of the molecule is CN(c1nc(CC(=O)Nc2ccc(Cl)cc2)cs1)S(C)(=O)=O. The van der Waals surface area contributed by atoms with Gasteiger partial charge in [0.25, 0.3) is 0 Å². The van der Waals surface area contributed by atoms with Crippen LogP contribution in [0.1, 0.15) is 5.69 Å². The zero-order chi connectivity index (χ0) is 16.3. The first-order valence-electron chi connectivity index (χ1n) is 6.19. The molecule has 1 N–H and O–H groups in total. The normalized spacial score (nSPS) is 11.2. The summed E-state index contributed by atoms with van der Waals surface area (Å²) in [6.45, 7) is 0. The lowest BCUT2D eigenvalue weighted by Crippen LogP contribution is -2.24. The van der Waals surface area contributed by atoms with Gasteiger partial charge in [0.15, 0.2) is 5.13 Å². The van der Waals surface area contributed by atoms with Crippen molar-refractivity contribution in [2.24, 2.45) is 0 Å². The van der Waals surface area contributed by atoms with Crippen molar-refractivity contribution in [1.82, 2.24) is 4.98 Å². The van der Waals surface area contributed by atoms with Crippen LogP contribution in [-0.4, -0.2) is 32.6 Å². The molecule has 22 heavy (non-hydrogen) atoms. The molecular weight excluding hydrogens is 346 g/mol. The van der Waals surface area contributed by atoms with Gasteiger partial charge in [-0.2, -0.15) is 0 Å². The summed E-state index contributed by atoms with van der Waals surface area (Å²) in [6.07, 6.45) is 1.16. The third-order valence-corrected chi connectivity index (χ3v) is 5.28. The van der Waals surface area contributed by atoms with Crippen molar-refractivity contribution >= 4 is 49.7 Å². The van der Waals surface area contributed by atoms with E-state index in [2.05, 4.69) is 10.3 Å². The van der Waals surface area contributed by atoms with Gasteiger partial charge in [0.1, 0.15) is 0 Å². The molecule has 2 rings (SSSR count). The lowest BCUT2D eigenvalue weighted by Gasteiger charge is -2.11. The highest BCUT2D eigenvalue weighted by Crippen LogP contribution is 2.22. The van der Waals surface area contributed by atoms with E-state index in [1.807, 2.05) is 0 Å². The van der Waals surface area contributed by atoms with Crippen LogP contribution in [-0.2, 0) is 21.2 Å². The number of nitrogens with zero attached hydrogens (tertiary/aromatic N) is 2. The molecule has 6 nitrogen and oxygen atoms in total. The lowest BCUT2D eigenvalue weighted by molar-refractivity contribution is -0.115. The van der Waals surface area contributed by atoms with Crippen LogP contribution in [0.5, 0.6) is 0 Å². The number of nitrogens with one attached hydrogen (secondary N) is 1. The Kier molecular flexibility index (Phi) is 5.05. The second kappa shape index (κ2) is 6.64. The number of carbonyl (C=O) groups is 1. The van der Waals surface area contributed by atoms with Gasteiger partial charge in [-0.05, 0) is 24.3 Å². The average molecular weight is 360 g/mol. The van der Waals surface area contributed by atoms with Crippen molar-refractivity contribution in [1.29, 1.82) is 0 Å². The Morgan fingerprint density at radius 2 is 2.00 bits per heavy atom. The van der Waals surface area contributed by atoms with Gasteiger partial charge in [0, 0.05) is 23.1 Å². The Labute approximate surface area is 137 Å². The number of sulfonamides is 1. The summed E-state index contributed by atoms with van der Waals surface area (Å²) in [6, 6.07) is 6.76. The van der Waals surface area contributed by atoms with Crippen molar-refractivity contribution in [3.8, 4) is 0 Å². The van der Waals surface area contributed by atoms with E-state index in [4.69, 9.17) is 11.6 Å². The molecule has 0 aliphatic rings. The van der Waals surface area contributed by atoms with E-state index >= 15 is 0 Å². The van der Waals surface area contributed by atoms with Gasteiger partial charge in [-0.1, -0.05) is 11.6 Å². The van der Waals surface area contributed by atoms with E-state index in [1.54, 1.807) is 29.6 Å². The highest BCUT2D eigenvalue weighted by atomic mass is 35.5. The first-order valence-corrected chi connectivity index (χ1v) is 9.30. The van der Waals surface area contributed by atoms with E-state index in [0.717, 1.165) is 10.6 Å². The molecule has 1 aromatic heterocycles. The summed E-state index contributed by atoms with van der Waals surface area (Å²) in [5, 5.41) is 5.31. The zero-order valence-electron chi connectivity index (χ0n) is 11.9. The maximum Gasteiger partial charge on any atom is 0.233 e. The number of carbonyl (C=O) groups excluding carboxylic acids is 1. The highest BCUT2D eigenvalue weighted by Gasteiger charge is 2.16. The van der Waals surface area contributed by atoms with Crippen LogP contribution in [0.4, 0.5) is 10.8 Å². The highest BCUT2D eigenvalue weighted by molar-refractivity contribution is 7.92. The topological polar surface area (TPSA) is 79.4 Å². The van der Waals surface area contributed by atoms with Crippen LogP contribution in [0, 0.1) is 0 Å². The second-order valence-corrected chi connectivity index (χ2v) is 7.87. The maximum absolute atomic E-state index is 11.9. The number of thiazole rings is 1. The molecule has 0 radical (unpaired) electrons. The van der Waals surface area contributed by atoms with Crippen LogP contribution >= 0.6 is 22.9 Å². The molecule has 2 aromatic rings. The summed E-state index contributed by atoms with van der Waals surface area (Å²) in [4.78, 5) is 16.1. The summed E-state index contributed by atoms with van der Waals surface area (Å²) in [7, 11) is -1.93. The third-order valence-electron chi connectivity index (χ3n) is 2.78. The van der Waals surface area contributed by atoms with E-state index < -0.39 is 10.0 Å². The minimum atomic E-state index is -3.36. The Balaban J connectivity index is 2.01. The first kappa shape index (κ1) is 16.7. The molecule has 118 valence electrons. The maximum atomic E-state index is 11.9. The zero-order valence-corrected chi connectivity index (χ0v) is 14.3. The van der Waals surface area contributed by atoms with Crippen LogP contribution in [0.15, 0.2) is 29.6 Å². The van der Waals surface area contributed by atoms with Gasteiger partial charge in [-0.3, -0.25) is 4.79 Å². The molecule has 0 unspecified atom stereocenters. The molecule has 0 atom stereocenters. The number of hydrogen-bond acceptors (Lipinski definition) is 5. The number of rotatable bonds is 5. The van der Waals surface area contributed by atoms with Crippen molar-refractivity contribution in [2.45, 2.75) is 6.42 Å². The van der Waals surface area contributed by atoms with Crippen LogP contribution in [0.2, 0.25) is 5.02 Å². The second-order valence-electron chi connectivity index (χ2n) is 4.58. The van der Waals surface area contributed by atoms with E-state index in [-0.39, 0.29) is 12.3 Å². The van der Waals surface area contributed by atoms with Crippen LogP contribution in [0.3, 0.4) is 0 Å². The molecule has 0 saturated heterocycles. The Hall–Kier alpha value is -1.64. The summed E-state index contributed by atoms with van der Waals surface area (Å²) < 4.78 is 24.0. The summed E-state index contributed by atoms with van der Waals surface area (Å²) in [5.41, 5.74) is 1.15. The smallest absolute Gasteiger partial charge is 0.233 e. The molecule has 0 bridgehead atoms. The fourth-order valence-electron chi connectivity index (χ4n) is 1.57. The largest absolute Gasteiger partial charge is 0.326 e. The molecule has 0 spiro atoms. The quantitative estimate of drug-likeness (QED) is 0.888. The number of aromatic nitrogens is 1. The van der Waals surface area contributed by atoms with Crippen molar-refractivity contribution in [3.05, 3.63) is 40.4 Å². The van der Waals surface area contributed by atoms with Gasteiger partial charge in [0.05, 0.1) is 18.4 Å². The van der Waals surface area contributed by atoms with E-state index in [1.165, 1.54) is 18.4 Å². The van der Waals surface area contributed by atoms with Crippen molar-refractivity contribution < 1.29 is 13.2 Å². The predicted octanol–water partition coefficient (Wildman–Crippen LogP) is 2.37. The van der Waals surface area contributed by atoms with Crippen LogP contribution < -0.4 is 9.62 Å². The fourth-order valence-corrected chi connectivity index (χ4v) is 3.25. The molecule has 1 amide bonds. The van der Waals surface area contributed by atoms with E-state index in [9.17, 15) is 13.2 Å². The molecule has 0 saturated carbocycles. The minimum Gasteiger partial charge on any atom is -0.326 e. The monoisotopic (exact) mass is 359 g/mol. The number of anilines is 2. The Bertz CT molecular complexity index is 772. The van der Waals surface area contributed by atoms with E-state index in [0.29, 0.717) is 21.5 Å². The summed E-state index contributed by atoms with van der Waals surface area (Å²) >= 11 is 6.95. The standard InChI is InChI=1S/C13H14ClN3O3S2/c1-17(22(2,19)20)13-16-11(8-21-13)7-12(18)15-10-5-3-9(14)4-6-10/h3-6,8H,7H2,1-2H3,(H,15,18). The van der Waals surface area contributed by atoms with Crippen LogP contribution in [0.25, 0.3) is 0 Å². The molecule has 1 heterocycles. The first-order chi connectivity index (χ1) is 10.3. The molecule has 0 aliphatic carbocycles. The van der Waals surface area contributed by atoms with Gasteiger partial charge in [-0.25, -0.2) is 17.7 Å². The number of benzene rings is 1. The number of hydrogen-bond donors (Lipinski definition) is 1. The predicted molar refractivity (Wildman–Crippen MR) is 89.1 cm³/mol. The molecular formula is C13H14ClN3O3S2. The number of amides is 1. The third kappa shape index (κ3) is 4.43. The van der Waals surface area contributed by atoms with Crippen molar-refractivity contribution in [2.75, 3.05) is 22.9 Å². The van der Waals surface area contributed by atoms with Gasteiger partial charge in [-0.15, -0.1) is 11.3 Å². The molecule has 9 heteroatoms. The Morgan fingerprint density at radius 3 is 2.59 bits per heavy atom.